The SMILES string of the molecule is Cc1ccc(N(c2ccc3c(ccc4c5ccc(N(c6ccc(C)cc6)c6cccc7c6oc6ccccc67)cc5c5ccccc5c34)c2)c2cccc3c2oc2ccccc23)cc1. The Morgan fingerprint density at radius 2 is 0.719 bits per heavy atom. The minimum Gasteiger partial charge on any atom is -0.454 e. The lowest BCUT2D eigenvalue weighted by Crippen LogP contribution is -2.10. The fourth-order valence-electron chi connectivity index (χ4n) is 10.1. The van der Waals surface area contributed by atoms with E-state index in [0.29, 0.717) is 0 Å². The summed E-state index contributed by atoms with van der Waals surface area (Å²) >= 11 is 0. The van der Waals surface area contributed by atoms with Gasteiger partial charge >= 0.3 is 0 Å². The van der Waals surface area contributed by atoms with Gasteiger partial charge < -0.3 is 18.6 Å². The summed E-state index contributed by atoms with van der Waals surface area (Å²) in [4.78, 5) is 4.68. The first-order chi connectivity index (χ1) is 31.6. The lowest BCUT2D eigenvalue weighted by atomic mass is 9.90. The molecule has 0 aliphatic rings. The van der Waals surface area contributed by atoms with Crippen LogP contribution in [0.15, 0.2) is 215 Å². The largest absolute Gasteiger partial charge is 0.454 e. The summed E-state index contributed by atoms with van der Waals surface area (Å²) in [5, 5.41) is 14.2. The Labute approximate surface area is 369 Å². The van der Waals surface area contributed by atoms with Gasteiger partial charge in [0.1, 0.15) is 11.2 Å². The number of aryl methyl sites for hydroxylation is 2. The maximum atomic E-state index is 6.65. The van der Waals surface area contributed by atoms with Crippen molar-refractivity contribution in [3.63, 3.8) is 0 Å². The molecule has 0 radical (unpaired) electrons. The van der Waals surface area contributed by atoms with Crippen LogP contribution < -0.4 is 9.80 Å². The number of rotatable bonds is 6. The van der Waals surface area contributed by atoms with E-state index in [1.54, 1.807) is 0 Å². The predicted molar refractivity (Wildman–Crippen MR) is 270 cm³/mol. The molecule has 302 valence electrons. The van der Waals surface area contributed by atoms with Crippen molar-refractivity contribution in [2.75, 3.05) is 9.80 Å². The molecule has 0 N–H and O–H groups in total. The van der Waals surface area contributed by atoms with Gasteiger partial charge in [-0.05, 0) is 130 Å². The molecule has 0 unspecified atom stereocenters. The summed E-state index contributed by atoms with van der Waals surface area (Å²) in [6.07, 6.45) is 0. The van der Waals surface area contributed by atoms with Gasteiger partial charge in [-0.1, -0.05) is 145 Å². The first-order valence-electron chi connectivity index (χ1n) is 21.9. The molecule has 4 heteroatoms. The van der Waals surface area contributed by atoms with E-state index in [1.807, 2.05) is 18.2 Å². The van der Waals surface area contributed by atoms with E-state index >= 15 is 0 Å². The van der Waals surface area contributed by atoms with Crippen molar-refractivity contribution in [1.82, 2.24) is 0 Å². The molecule has 0 fully saturated rings. The van der Waals surface area contributed by atoms with E-state index in [0.717, 1.165) is 78.0 Å². The van der Waals surface area contributed by atoms with Crippen LogP contribution in [-0.4, -0.2) is 0 Å². The van der Waals surface area contributed by atoms with Crippen LogP contribution >= 0.6 is 0 Å². The third-order valence-electron chi connectivity index (χ3n) is 13.1. The van der Waals surface area contributed by atoms with Gasteiger partial charge in [0.25, 0.3) is 0 Å². The van der Waals surface area contributed by atoms with Crippen molar-refractivity contribution in [1.29, 1.82) is 0 Å². The Balaban J connectivity index is 1.01. The van der Waals surface area contributed by atoms with E-state index in [2.05, 4.69) is 212 Å². The number of hydrogen-bond acceptors (Lipinski definition) is 4. The summed E-state index contributed by atoms with van der Waals surface area (Å²) in [5.74, 6) is 0. The lowest BCUT2D eigenvalue weighted by Gasteiger charge is -2.27. The van der Waals surface area contributed by atoms with Gasteiger partial charge in [0, 0.05) is 44.3 Å². The fourth-order valence-corrected chi connectivity index (χ4v) is 10.1. The van der Waals surface area contributed by atoms with Gasteiger partial charge in [0.15, 0.2) is 11.2 Å². The fraction of sp³-hybridized carbons (Fsp3) is 0.0333. The van der Waals surface area contributed by atoms with Crippen molar-refractivity contribution in [2.45, 2.75) is 13.8 Å². The second-order valence-electron chi connectivity index (χ2n) is 17.0. The highest BCUT2D eigenvalue weighted by molar-refractivity contribution is 6.32. The number of anilines is 6. The molecule has 64 heavy (non-hydrogen) atoms. The Morgan fingerprint density at radius 1 is 0.297 bits per heavy atom. The van der Waals surface area contributed by atoms with Crippen LogP contribution in [0.3, 0.4) is 0 Å². The number of para-hydroxylation sites is 4. The van der Waals surface area contributed by atoms with E-state index in [-0.39, 0.29) is 0 Å². The highest BCUT2D eigenvalue weighted by Crippen LogP contribution is 2.47. The van der Waals surface area contributed by atoms with Crippen LogP contribution in [0.5, 0.6) is 0 Å². The smallest absolute Gasteiger partial charge is 0.159 e. The van der Waals surface area contributed by atoms with Crippen LogP contribution in [0.1, 0.15) is 11.1 Å². The molecule has 11 aromatic carbocycles. The van der Waals surface area contributed by atoms with Crippen molar-refractivity contribution >= 4 is 121 Å². The molecule has 0 aliphatic heterocycles. The highest BCUT2D eigenvalue weighted by Gasteiger charge is 2.23. The van der Waals surface area contributed by atoms with Crippen LogP contribution in [0, 0.1) is 13.8 Å². The minimum absolute atomic E-state index is 0.869. The molecule has 0 bridgehead atoms. The van der Waals surface area contributed by atoms with Gasteiger partial charge in [-0.3, -0.25) is 0 Å². The molecule has 2 heterocycles. The second-order valence-corrected chi connectivity index (χ2v) is 17.0. The lowest BCUT2D eigenvalue weighted by molar-refractivity contribution is 0.668. The molecule has 0 amide bonds. The average Bonchev–Trinajstić information content (AvgIpc) is 3.92. The number of fused-ring (bicyclic) bond motifs is 14. The van der Waals surface area contributed by atoms with Crippen LogP contribution in [0.4, 0.5) is 34.1 Å². The molecule has 0 saturated heterocycles. The molecule has 13 rings (SSSR count). The Bertz CT molecular complexity index is 3960. The van der Waals surface area contributed by atoms with Crippen LogP contribution in [0.25, 0.3) is 87.0 Å². The summed E-state index contributed by atoms with van der Waals surface area (Å²) in [6.45, 7) is 4.27. The van der Waals surface area contributed by atoms with Crippen molar-refractivity contribution in [2.24, 2.45) is 0 Å². The topological polar surface area (TPSA) is 32.8 Å². The first-order valence-corrected chi connectivity index (χ1v) is 21.9. The molecule has 0 spiro atoms. The van der Waals surface area contributed by atoms with Crippen molar-refractivity contribution in [3.05, 3.63) is 217 Å². The molecule has 0 aliphatic carbocycles. The van der Waals surface area contributed by atoms with E-state index in [9.17, 15) is 0 Å². The standard InChI is InChI=1S/C60H40N2O2/c1-37-21-26-40(27-22-37)61(54-17-9-15-51-47-12-5-7-19-56(47)63-59(51)54)42-30-33-44-39(35-42)25-32-50-46-34-31-43(36-53(46)45-11-3-4-14-49(45)58(44)50)62(41-28-23-38(2)24-29-41)55-18-10-16-52-48-13-6-8-20-57(48)64-60(52)55/h3-36H,1-2H3. The zero-order valence-corrected chi connectivity index (χ0v) is 35.3. The molecule has 4 nitrogen and oxygen atoms in total. The normalized spacial score (nSPS) is 11.9. The van der Waals surface area contributed by atoms with Crippen molar-refractivity contribution in [3.8, 4) is 0 Å². The van der Waals surface area contributed by atoms with Gasteiger partial charge in [-0.25, -0.2) is 0 Å². The molecule has 0 saturated carbocycles. The number of nitrogens with zero attached hydrogens (tertiary/aromatic N) is 2. The van der Waals surface area contributed by atoms with Gasteiger partial charge in [-0.2, -0.15) is 0 Å². The Kier molecular flexibility index (Phi) is 8.00. The van der Waals surface area contributed by atoms with Crippen molar-refractivity contribution < 1.29 is 8.83 Å². The van der Waals surface area contributed by atoms with Crippen LogP contribution in [-0.2, 0) is 0 Å². The van der Waals surface area contributed by atoms with Gasteiger partial charge in [0.05, 0.1) is 11.4 Å². The Hall–Kier alpha value is -8.34. The van der Waals surface area contributed by atoms with E-state index in [1.165, 1.54) is 54.2 Å². The maximum Gasteiger partial charge on any atom is 0.159 e. The number of benzene rings is 11. The Morgan fingerprint density at radius 3 is 1.30 bits per heavy atom. The van der Waals surface area contributed by atoms with E-state index in [4.69, 9.17) is 8.83 Å². The molecule has 13 aromatic rings. The quantitative estimate of drug-likeness (QED) is 0.156. The summed E-state index contributed by atoms with van der Waals surface area (Å²) in [5.41, 5.74) is 12.2. The summed E-state index contributed by atoms with van der Waals surface area (Å²) < 4.78 is 13.3. The third-order valence-corrected chi connectivity index (χ3v) is 13.1. The number of furan rings is 2. The number of hydrogen-bond donors (Lipinski definition) is 0. The third kappa shape index (κ3) is 5.56. The highest BCUT2D eigenvalue weighted by atomic mass is 16.3. The van der Waals surface area contributed by atoms with E-state index < -0.39 is 0 Å². The molecular formula is C60H40N2O2. The minimum atomic E-state index is 0.869. The molecule has 2 aromatic heterocycles. The molecular weight excluding hydrogens is 781 g/mol. The maximum absolute atomic E-state index is 6.65. The first kappa shape index (κ1) is 36.3. The monoisotopic (exact) mass is 820 g/mol. The molecule has 0 atom stereocenters. The zero-order chi connectivity index (χ0) is 42.5. The van der Waals surface area contributed by atoms with Crippen LogP contribution in [0.2, 0.25) is 0 Å². The summed E-state index contributed by atoms with van der Waals surface area (Å²) in [6, 6.07) is 74.4. The predicted octanol–water partition coefficient (Wildman–Crippen LogP) is 17.7. The average molecular weight is 821 g/mol. The van der Waals surface area contributed by atoms with Gasteiger partial charge in [0.2, 0.25) is 0 Å². The second kappa shape index (κ2) is 14.1. The zero-order valence-electron chi connectivity index (χ0n) is 35.3. The van der Waals surface area contributed by atoms with Gasteiger partial charge in [-0.15, -0.1) is 0 Å². The summed E-state index contributed by atoms with van der Waals surface area (Å²) in [7, 11) is 0.